The van der Waals surface area contributed by atoms with E-state index >= 15 is 0 Å². The van der Waals surface area contributed by atoms with Gasteiger partial charge in [-0.2, -0.15) is 0 Å². The molecule has 1 atom stereocenters. The van der Waals surface area contributed by atoms with Crippen LogP contribution in [0.2, 0.25) is 0 Å². The number of nitrogens with zero attached hydrogens (tertiary/aromatic N) is 3. The molecule has 192 valence electrons. The van der Waals surface area contributed by atoms with E-state index in [1.165, 1.54) is 0 Å². The lowest BCUT2D eigenvalue weighted by Crippen LogP contribution is -2.54. The van der Waals surface area contributed by atoms with Gasteiger partial charge in [-0.3, -0.25) is 9.69 Å². The first-order chi connectivity index (χ1) is 17.2. The summed E-state index contributed by atoms with van der Waals surface area (Å²) in [6.07, 6.45) is 3.66. The highest BCUT2D eigenvalue weighted by Crippen LogP contribution is 2.49. The minimum absolute atomic E-state index is 0.0289. The third kappa shape index (κ3) is 3.57. The number of hydrogen-bond donors (Lipinski definition) is 1. The minimum Gasteiger partial charge on any atom is -0.497 e. The fourth-order valence-corrected chi connectivity index (χ4v) is 6.45. The highest BCUT2D eigenvalue weighted by Gasteiger charge is 2.55. The number of carbonyl (C=O) groups excluding carboxylic acids is 2. The number of amides is 3. The maximum Gasteiger partial charge on any atom is 0.325 e. The van der Waals surface area contributed by atoms with E-state index in [1.54, 1.807) is 14.2 Å². The van der Waals surface area contributed by atoms with Gasteiger partial charge in [0.05, 0.1) is 26.3 Å². The number of piperidine rings is 1. The number of urea groups is 1. The first-order valence-corrected chi connectivity index (χ1v) is 12.8. The van der Waals surface area contributed by atoms with Crippen LogP contribution in [0.15, 0.2) is 30.0 Å². The molecule has 3 aliphatic rings. The first-order valence-electron chi connectivity index (χ1n) is 12.8. The summed E-state index contributed by atoms with van der Waals surface area (Å²) in [6.45, 7) is 10.4. The van der Waals surface area contributed by atoms with Crippen molar-refractivity contribution >= 4 is 11.9 Å². The fourth-order valence-electron chi connectivity index (χ4n) is 6.45. The van der Waals surface area contributed by atoms with Crippen molar-refractivity contribution in [3.8, 4) is 11.5 Å². The maximum atomic E-state index is 13.8. The molecule has 0 radical (unpaired) electrons. The molecule has 8 heteroatoms. The van der Waals surface area contributed by atoms with Crippen LogP contribution in [0.1, 0.15) is 65.5 Å². The quantitative estimate of drug-likeness (QED) is 0.678. The van der Waals surface area contributed by atoms with E-state index in [0.717, 1.165) is 39.6 Å². The number of fused-ring (bicyclic) bond motifs is 3. The number of allylic oxidation sites excluding steroid dienone is 1. The molecule has 0 aliphatic carbocycles. The minimum atomic E-state index is -0.420. The van der Waals surface area contributed by atoms with Crippen molar-refractivity contribution in [1.82, 2.24) is 19.7 Å². The fraction of sp³-hybridized carbons (Fsp3) is 0.500. The van der Waals surface area contributed by atoms with Crippen molar-refractivity contribution in [3.05, 3.63) is 58.1 Å². The van der Waals surface area contributed by atoms with Crippen molar-refractivity contribution in [2.75, 3.05) is 33.9 Å². The van der Waals surface area contributed by atoms with Gasteiger partial charge in [-0.05, 0) is 56.9 Å². The molecule has 0 saturated carbocycles. The van der Waals surface area contributed by atoms with Gasteiger partial charge in [0.15, 0.2) is 0 Å². The molecule has 2 fully saturated rings. The number of carbonyl (C=O) groups is 2. The number of methoxy groups -OCH3 is 2. The Kier molecular flexibility index (Phi) is 6.01. The van der Waals surface area contributed by atoms with Gasteiger partial charge < -0.3 is 24.3 Å². The predicted molar refractivity (Wildman–Crippen MR) is 137 cm³/mol. The van der Waals surface area contributed by atoms with Crippen LogP contribution in [-0.2, 0) is 6.54 Å². The normalized spacial score (nSPS) is 20.7. The maximum absolute atomic E-state index is 13.8. The van der Waals surface area contributed by atoms with Crippen molar-refractivity contribution in [3.63, 3.8) is 0 Å². The number of benzene rings is 1. The lowest BCUT2D eigenvalue weighted by Gasteiger charge is -2.44. The summed E-state index contributed by atoms with van der Waals surface area (Å²) in [5.74, 6) is 1.59. The topological polar surface area (TPSA) is 78.1 Å². The predicted octanol–water partition coefficient (Wildman–Crippen LogP) is 4.58. The number of hydrogen-bond acceptors (Lipinski definition) is 4. The summed E-state index contributed by atoms with van der Waals surface area (Å²) in [5, 5.41) is 0. The molecule has 3 amide bonds. The Morgan fingerprint density at radius 3 is 2.44 bits per heavy atom. The second-order valence-corrected chi connectivity index (χ2v) is 10.2. The van der Waals surface area contributed by atoms with Crippen LogP contribution in [0.3, 0.4) is 0 Å². The number of rotatable bonds is 4. The van der Waals surface area contributed by atoms with Crippen molar-refractivity contribution < 1.29 is 19.1 Å². The van der Waals surface area contributed by atoms with Crippen LogP contribution >= 0.6 is 0 Å². The van der Waals surface area contributed by atoms with E-state index in [9.17, 15) is 9.59 Å². The second kappa shape index (κ2) is 8.91. The number of likely N-dealkylation sites (tertiary alicyclic amines) is 1. The average Bonchev–Trinajstić information content (AvgIpc) is 3.24. The molecule has 36 heavy (non-hydrogen) atoms. The Labute approximate surface area is 212 Å². The van der Waals surface area contributed by atoms with E-state index in [4.69, 9.17) is 9.47 Å². The number of ether oxygens (including phenoxy) is 2. The van der Waals surface area contributed by atoms with Crippen molar-refractivity contribution in [1.29, 1.82) is 0 Å². The van der Waals surface area contributed by atoms with Crippen LogP contribution in [-0.4, -0.2) is 71.0 Å². The molecule has 5 rings (SSSR count). The number of aryl methyl sites for hydroxylation is 2. The van der Waals surface area contributed by atoms with Crippen LogP contribution < -0.4 is 9.47 Å². The standard InChI is InChI=1S/C28H36N4O4/c1-7-32-27(34)31-16-20-14-21(35-5)15-22(36-6)24(20)17(2)13-23(31)28(32)8-10-30(11-9-28)26(33)25-18(3)12-19(4)29-25/h12-15,17,29H,7-11,16H2,1-6H3. The van der Waals surface area contributed by atoms with Gasteiger partial charge in [0.2, 0.25) is 0 Å². The highest BCUT2D eigenvalue weighted by molar-refractivity contribution is 5.94. The molecule has 1 aromatic carbocycles. The van der Waals surface area contributed by atoms with E-state index < -0.39 is 5.54 Å². The van der Waals surface area contributed by atoms with Gasteiger partial charge in [-0.25, -0.2) is 4.79 Å². The molecular weight excluding hydrogens is 456 g/mol. The monoisotopic (exact) mass is 492 g/mol. The highest BCUT2D eigenvalue weighted by atomic mass is 16.5. The van der Waals surface area contributed by atoms with Gasteiger partial charge in [-0.15, -0.1) is 0 Å². The summed E-state index contributed by atoms with van der Waals surface area (Å²) in [5.41, 5.74) is 5.39. The lowest BCUT2D eigenvalue weighted by atomic mass is 9.82. The molecule has 1 N–H and O–H groups in total. The third-order valence-electron chi connectivity index (χ3n) is 8.15. The number of H-pyrrole nitrogens is 1. The van der Waals surface area contributed by atoms with Gasteiger partial charge in [-0.1, -0.05) is 13.0 Å². The lowest BCUT2D eigenvalue weighted by molar-refractivity contribution is 0.0570. The van der Waals surface area contributed by atoms with Crippen LogP contribution in [0.25, 0.3) is 0 Å². The summed E-state index contributed by atoms with van der Waals surface area (Å²) >= 11 is 0. The zero-order valence-electron chi connectivity index (χ0n) is 22.1. The molecule has 8 nitrogen and oxygen atoms in total. The number of aromatic amines is 1. The zero-order chi connectivity index (χ0) is 25.8. The Hall–Kier alpha value is -3.42. The largest absolute Gasteiger partial charge is 0.497 e. The van der Waals surface area contributed by atoms with Gasteiger partial charge in [0.1, 0.15) is 17.2 Å². The van der Waals surface area contributed by atoms with E-state index in [2.05, 4.69) is 18.0 Å². The third-order valence-corrected chi connectivity index (χ3v) is 8.15. The van der Waals surface area contributed by atoms with Crippen molar-refractivity contribution in [2.24, 2.45) is 0 Å². The smallest absolute Gasteiger partial charge is 0.325 e. The van der Waals surface area contributed by atoms with Gasteiger partial charge in [0.25, 0.3) is 5.91 Å². The van der Waals surface area contributed by atoms with E-state index in [-0.39, 0.29) is 17.9 Å². The Balaban J connectivity index is 1.49. The first kappa shape index (κ1) is 24.3. The Morgan fingerprint density at radius 1 is 1.14 bits per heavy atom. The number of aromatic nitrogens is 1. The van der Waals surface area contributed by atoms with E-state index in [0.29, 0.717) is 44.7 Å². The second-order valence-electron chi connectivity index (χ2n) is 10.2. The SMILES string of the molecule is CCN1C(=O)N2Cc3cc(OC)cc(OC)c3C(C)C=C2C12CCN(C(=O)c1[nH]c(C)cc1C)CC2. The van der Waals surface area contributed by atoms with E-state index in [1.807, 2.05) is 53.7 Å². The Morgan fingerprint density at radius 2 is 1.86 bits per heavy atom. The van der Waals surface area contributed by atoms with Crippen LogP contribution in [0.4, 0.5) is 4.79 Å². The number of likely N-dealkylation sites (N-methyl/N-ethyl adjacent to an activating group) is 1. The summed E-state index contributed by atoms with van der Waals surface area (Å²) < 4.78 is 11.3. The Bertz CT molecular complexity index is 1240. The summed E-state index contributed by atoms with van der Waals surface area (Å²) in [4.78, 5) is 36.1. The molecule has 1 aromatic heterocycles. The molecule has 3 aliphatic heterocycles. The molecule has 4 heterocycles. The van der Waals surface area contributed by atoms with Gasteiger partial charge in [0, 0.05) is 48.6 Å². The van der Waals surface area contributed by atoms with Gasteiger partial charge >= 0.3 is 6.03 Å². The summed E-state index contributed by atoms with van der Waals surface area (Å²) in [6, 6.07) is 5.96. The molecule has 2 saturated heterocycles. The number of nitrogens with one attached hydrogen (secondary N) is 1. The zero-order valence-corrected chi connectivity index (χ0v) is 22.1. The molecule has 2 aromatic rings. The molecule has 1 unspecified atom stereocenters. The molecule has 1 spiro atoms. The molecule has 0 bridgehead atoms. The van der Waals surface area contributed by atoms with Crippen LogP contribution in [0.5, 0.6) is 11.5 Å². The van der Waals surface area contributed by atoms with Crippen molar-refractivity contribution in [2.45, 2.75) is 58.5 Å². The molecular formula is C28H36N4O4. The average molecular weight is 493 g/mol. The van der Waals surface area contributed by atoms with Crippen LogP contribution in [0, 0.1) is 13.8 Å². The summed E-state index contributed by atoms with van der Waals surface area (Å²) in [7, 11) is 3.32.